The Morgan fingerprint density at radius 3 is 2.68 bits per heavy atom. The number of hydrogen-bond donors (Lipinski definition) is 1. The summed E-state index contributed by atoms with van der Waals surface area (Å²) < 4.78 is 26.7. The van der Waals surface area contributed by atoms with Crippen molar-refractivity contribution in [2.45, 2.75) is 50.4 Å². The molecule has 110 valence electrons. The van der Waals surface area contributed by atoms with E-state index in [0.717, 1.165) is 31.5 Å². The monoisotopic (exact) mass is 304 g/mol. The highest BCUT2D eigenvalue weighted by molar-refractivity contribution is 7.91. The third-order valence-electron chi connectivity index (χ3n) is 3.23. The van der Waals surface area contributed by atoms with E-state index in [1.54, 1.807) is 13.1 Å². The van der Waals surface area contributed by atoms with E-state index >= 15 is 0 Å². The first-order chi connectivity index (χ1) is 8.93. The molecule has 0 saturated heterocycles. The lowest BCUT2D eigenvalue weighted by molar-refractivity contribution is 0.381. The van der Waals surface area contributed by atoms with Crippen LogP contribution in [0.4, 0.5) is 0 Å². The molecule has 0 saturated carbocycles. The smallest absolute Gasteiger partial charge is 0.252 e. The van der Waals surface area contributed by atoms with E-state index in [2.05, 4.69) is 12.2 Å². The Kier molecular flexibility index (Phi) is 6.46. The molecule has 0 aromatic carbocycles. The molecule has 0 aliphatic heterocycles. The quantitative estimate of drug-likeness (QED) is 0.751. The molecule has 0 spiro atoms. The van der Waals surface area contributed by atoms with Crippen molar-refractivity contribution >= 4 is 21.4 Å². The average Bonchev–Trinajstić information content (AvgIpc) is 2.86. The molecule has 4 nitrogen and oxygen atoms in total. The van der Waals surface area contributed by atoms with Crippen molar-refractivity contribution < 1.29 is 8.42 Å². The van der Waals surface area contributed by atoms with Gasteiger partial charge in [-0.05, 0) is 43.3 Å². The van der Waals surface area contributed by atoms with Gasteiger partial charge in [0.2, 0.25) is 0 Å². The molecule has 1 rings (SSSR count). The summed E-state index contributed by atoms with van der Waals surface area (Å²) >= 11 is 1.30. The number of thiophene rings is 1. The number of nitrogens with one attached hydrogen (secondary N) is 1. The van der Waals surface area contributed by atoms with Crippen LogP contribution in [0.15, 0.2) is 15.7 Å². The number of hydrogen-bond acceptors (Lipinski definition) is 4. The third kappa shape index (κ3) is 4.27. The maximum atomic E-state index is 12.4. The zero-order valence-corrected chi connectivity index (χ0v) is 13.8. The van der Waals surface area contributed by atoms with Crippen molar-refractivity contribution in [3.63, 3.8) is 0 Å². The molecule has 1 heterocycles. The predicted molar refractivity (Wildman–Crippen MR) is 81.0 cm³/mol. The standard InChI is InChI=1S/C13H24N2O2S2/c1-5-7-14-9-12-8-13(18-10-12)19(16,17)15(4)11(3)6-2/h8,10-11,14H,5-7,9H2,1-4H3. The second-order valence-corrected chi connectivity index (χ2v) is 7.86. The summed E-state index contributed by atoms with van der Waals surface area (Å²) in [5.74, 6) is 0. The summed E-state index contributed by atoms with van der Waals surface area (Å²) in [6.45, 7) is 7.70. The molecule has 1 aromatic rings. The van der Waals surface area contributed by atoms with Gasteiger partial charge in [-0.2, -0.15) is 4.31 Å². The second kappa shape index (κ2) is 7.38. The van der Waals surface area contributed by atoms with Crippen molar-refractivity contribution in [3.05, 3.63) is 17.0 Å². The van der Waals surface area contributed by atoms with Crippen molar-refractivity contribution in [1.29, 1.82) is 0 Å². The van der Waals surface area contributed by atoms with Crippen LogP contribution in [-0.4, -0.2) is 32.4 Å². The lowest BCUT2D eigenvalue weighted by Crippen LogP contribution is -2.34. The molecule has 0 amide bonds. The van der Waals surface area contributed by atoms with Crippen LogP contribution in [-0.2, 0) is 16.6 Å². The zero-order valence-electron chi connectivity index (χ0n) is 12.1. The van der Waals surface area contributed by atoms with E-state index in [0.29, 0.717) is 4.21 Å². The van der Waals surface area contributed by atoms with Gasteiger partial charge in [0.05, 0.1) is 0 Å². The van der Waals surface area contributed by atoms with Gasteiger partial charge in [-0.15, -0.1) is 11.3 Å². The highest BCUT2D eigenvalue weighted by Crippen LogP contribution is 2.24. The summed E-state index contributed by atoms with van der Waals surface area (Å²) in [6, 6.07) is 1.80. The Morgan fingerprint density at radius 2 is 2.11 bits per heavy atom. The fraction of sp³-hybridized carbons (Fsp3) is 0.692. The van der Waals surface area contributed by atoms with E-state index in [-0.39, 0.29) is 6.04 Å². The van der Waals surface area contributed by atoms with E-state index in [4.69, 9.17) is 0 Å². The maximum absolute atomic E-state index is 12.4. The Balaban J connectivity index is 2.79. The molecule has 0 aliphatic carbocycles. The topological polar surface area (TPSA) is 49.4 Å². The first-order valence-electron chi connectivity index (χ1n) is 6.69. The lowest BCUT2D eigenvalue weighted by Gasteiger charge is -2.22. The van der Waals surface area contributed by atoms with Crippen LogP contribution < -0.4 is 5.32 Å². The molecule has 1 N–H and O–H groups in total. The predicted octanol–water partition coefficient (Wildman–Crippen LogP) is 2.67. The average molecular weight is 304 g/mol. The molecule has 0 bridgehead atoms. The van der Waals surface area contributed by atoms with Crippen molar-refractivity contribution in [3.8, 4) is 0 Å². The van der Waals surface area contributed by atoms with Gasteiger partial charge in [-0.1, -0.05) is 13.8 Å². The highest BCUT2D eigenvalue weighted by atomic mass is 32.2. The van der Waals surface area contributed by atoms with Gasteiger partial charge in [-0.25, -0.2) is 8.42 Å². The fourth-order valence-electron chi connectivity index (χ4n) is 1.63. The minimum Gasteiger partial charge on any atom is -0.313 e. The Morgan fingerprint density at radius 1 is 1.42 bits per heavy atom. The molecule has 1 atom stereocenters. The first kappa shape index (κ1) is 16.6. The van der Waals surface area contributed by atoms with Crippen LogP contribution in [0, 0.1) is 0 Å². The summed E-state index contributed by atoms with van der Waals surface area (Å²) in [6.07, 6.45) is 1.89. The number of rotatable bonds is 8. The van der Waals surface area contributed by atoms with Crippen LogP contribution in [0.3, 0.4) is 0 Å². The second-order valence-electron chi connectivity index (χ2n) is 4.73. The van der Waals surface area contributed by atoms with Gasteiger partial charge in [0.15, 0.2) is 0 Å². The lowest BCUT2D eigenvalue weighted by atomic mass is 10.3. The van der Waals surface area contributed by atoms with Gasteiger partial charge in [0.1, 0.15) is 4.21 Å². The van der Waals surface area contributed by atoms with E-state index in [1.165, 1.54) is 15.6 Å². The van der Waals surface area contributed by atoms with Crippen molar-refractivity contribution in [2.75, 3.05) is 13.6 Å². The maximum Gasteiger partial charge on any atom is 0.252 e. The summed E-state index contributed by atoms with van der Waals surface area (Å²) in [7, 11) is -1.68. The normalized spacial score (nSPS) is 13.9. The zero-order chi connectivity index (χ0) is 14.5. The van der Waals surface area contributed by atoms with Crippen LogP contribution in [0.25, 0.3) is 0 Å². The minimum atomic E-state index is -3.34. The molecule has 0 aliphatic rings. The largest absolute Gasteiger partial charge is 0.313 e. The number of sulfonamides is 1. The number of nitrogens with zero attached hydrogens (tertiary/aromatic N) is 1. The molecular weight excluding hydrogens is 280 g/mol. The van der Waals surface area contributed by atoms with Crippen LogP contribution >= 0.6 is 11.3 Å². The van der Waals surface area contributed by atoms with Gasteiger partial charge >= 0.3 is 0 Å². The van der Waals surface area contributed by atoms with Crippen molar-refractivity contribution in [1.82, 2.24) is 9.62 Å². The van der Waals surface area contributed by atoms with E-state index < -0.39 is 10.0 Å². The van der Waals surface area contributed by atoms with Gasteiger partial charge in [0, 0.05) is 19.6 Å². The molecule has 0 radical (unpaired) electrons. The van der Waals surface area contributed by atoms with Gasteiger partial charge in [-0.3, -0.25) is 0 Å². The van der Waals surface area contributed by atoms with E-state index in [9.17, 15) is 8.42 Å². The summed E-state index contributed by atoms with van der Waals surface area (Å²) in [5.41, 5.74) is 1.04. The molecule has 1 aromatic heterocycles. The van der Waals surface area contributed by atoms with Crippen molar-refractivity contribution in [2.24, 2.45) is 0 Å². The third-order valence-corrected chi connectivity index (χ3v) is 6.67. The summed E-state index contributed by atoms with van der Waals surface area (Å²) in [5, 5.41) is 5.19. The van der Waals surface area contributed by atoms with Gasteiger partial charge in [0.25, 0.3) is 10.0 Å². The van der Waals surface area contributed by atoms with Crippen LogP contribution in [0.1, 0.15) is 39.2 Å². The Bertz CT molecular complexity index is 483. The molecule has 19 heavy (non-hydrogen) atoms. The van der Waals surface area contributed by atoms with Gasteiger partial charge < -0.3 is 5.32 Å². The highest BCUT2D eigenvalue weighted by Gasteiger charge is 2.25. The van der Waals surface area contributed by atoms with Crippen LogP contribution in [0.2, 0.25) is 0 Å². The molecule has 6 heteroatoms. The molecule has 0 fully saturated rings. The van der Waals surface area contributed by atoms with E-state index in [1.807, 2.05) is 19.2 Å². The SMILES string of the molecule is CCCNCc1csc(S(=O)(=O)N(C)C(C)CC)c1. The van der Waals surface area contributed by atoms with Crippen LogP contribution in [0.5, 0.6) is 0 Å². The summed E-state index contributed by atoms with van der Waals surface area (Å²) in [4.78, 5) is 0. The minimum absolute atomic E-state index is 0.0220. The Labute approximate surface area is 120 Å². The Hall–Kier alpha value is -0.430. The fourth-order valence-corrected chi connectivity index (χ4v) is 4.46. The molecular formula is C13H24N2O2S2. The molecule has 1 unspecified atom stereocenters. The first-order valence-corrected chi connectivity index (χ1v) is 9.01.